The van der Waals surface area contributed by atoms with Crippen molar-refractivity contribution >= 4 is 35.2 Å². The van der Waals surface area contributed by atoms with Crippen LogP contribution in [0.25, 0.3) is 0 Å². The summed E-state index contributed by atoms with van der Waals surface area (Å²) in [5, 5.41) is 14.6. The van der Waals surface area contributed by atoms with E-state index in [2.05, 4.69) is 20.7 Å². The summed E-state index contributed by atoms with van der Waals surface area (Å²) in [7, 11) is 0. The van der Waals surface area contributed by atoms with Crippen LogP contribution in [0, 0.1) is 6.92 Å². The standard InChI is InChI=1S/C11H14N4O3S2/c1-7-5-8(15-18-7)12-9(16)3-4-20-11-14-13-10(17-11)6-19-2/h5H,3-4,6H2,1-2H3,(H,12,15,16). The molecule has 2 aromatic heterocycles. The number of amides is 1. The Morgan fingerprint density at radius 1 is 1.45 bits per heavy atom. The first-order valence-corrected chi connectivity index (χ1v) is 8.22. The molecule has 0 radical (unpaired) electrons. The first kappa shape index (κ1) is 14.9. The van der Waals surface area contributed by atoms with Gasteiger partial charge in [-0.2, -0.15) is 11.8 Å². The lowest BCUT2D eigenvalue weighted by Gasteiger charge is -1.99. The van der Waals surface area contributed by atoms with E-state index >= 15 is 0 Å². The molecule has 9 heteroatoms. The minimum atomic E-state index is -0.130. The van der Waals surface area contributed by atoms with Crippen LogP contribution in [0.15, 0.2) is 20.2 Å². The van der Waals surface area contributed by atoms with Gasteiger partial charge in [0.05, 0.1) is 5.75 Å². The lowest BCUT2D eigenvalue weighted by Crippen LogP contribution is -2.12. The van der Waals surface area contributed by atoms with Crippen molar-refractivity contribution < 1.29 is 13.7 Å². The second-order valence-electron chi connectivity index (χ2n) is 3.86. The molecule has 2 rings (SSSR count). The van der Waals surface area contributed by atoms with Crippen molar-refractivity contribution in [2.24, 2.45) is 0 Å². The van der Waals surface area contributed by atoms with Gasteiger partial charge in [0.25, 0.3) is 5.22 Å². The zero-order valence-corrected chi connectivity index (χ0v) is 12.7. The van der Waals surface area contributed by atoms with Crippen LogP contribution in [-0.2, 0) is 10.5 Å². The van der Waals surface area contributed by atoms with Gasteiger partial charge in [-0.25, -0.2) is 0 Å². The molecule has 0 saturated carbocycles. The van der Waals surface area contributed by atoms with Crippen LogP contribution < -0.4 is 5.32 Å². The summed E-state index contributed by atoms with van der Waals surface area (Å²) in [6.07, 6.45) is 2.30. The molecular weight excluding hydrogens is 300 g/mol. The molecule has 108 valence electrons. The fourth-order valence-electron chi connectivity index (χ4n) is 1.34. The molecule has 0 saturated heterocycles. The first-order valence-electron chi connectivity index (χ1n) is 5.84. The van der Waals surface area contributed by atoms with E-state index in [1.165, 1.54) is 11.8 Å². The van der Waals surface area contributed by atoms with Crippen molar-refractivity contribution in [2.45, 2.75) is 24.3 Å². The number of carbonyl (C=O) groups is 1. The van der Waals surface area contributed by atoms with Gasteiger partial charge in [0.2, 0.25) is 11.8 Å². The average molecular weight is 314 g/mol. The van der Waals surface area contributed by atoms with Gasteiger partial charge in [0.15, 0.2) is 5.82 Å². The number of nitrogens with one attached hydrogen (secondary N) is 1. The Bertz CT molecular complexity index is 570. The third kappa shape index (κ3) is 4.57. The summed E-state index contributed by atoms with van der Waals surface area (Å²) in [5.41, 5.74) is 0. The van der Waals surface area contributed by atoms with Crippen LogP contribution in [-0.4, -0.2) is 33.3 Å². The van der Waals surface area contributed by atoms with E-state index in [9.17, 15) is 4.79 Å². The number of aromatic nitrogens is 3. The Hall–Kier alpha value is -1.48. The molecule has 2 aromatic rings. The lowest BCUT2D eigenvalue weighted by atomic mass is 10.4. The van der Waals surface area contributed by atoms with Crippen molar-refractivity contribution in [3.05, 3.63) is 17.7 Å². The minimum Gasteiger partial charge on any atom is -0.415 e. The maximum Gasteiger partial charge on any atom is 0.276 e. The van der Waals surface area contributed by atoms with Crippen LogP contribution in [0.3, 0.4) is 0 Å². The van der Waals surface area contributed by atoms with E-state index in [4.69, 9.17) is 8.94 Å². The van der Waals surface area contributed by atoms with Crippen LogP contribution in [0.5, 0.6) is 0 Å². The van der Waals surface area contributed by atoms with E-state index in [1.807, 2.05) is 6.26 Å². The Kier molecular flexibility index (Phi) is 5.48. The maximum atomic E-state index is 11.6. The smallest absolute Gasteiger partial charge is 0.276 e. The molecule has 0 unspecified atom stereocenters. The van der Waals surface area contributed by atoms with E-state index in [0.29, 0.717) is 40.6 Å². The van der Waals surface area contributed by atoms with Crippen molar-refractivity contribution in [3.63, 3.8) is 0 Å². The number of anilines is 1. The fourth-order valence-corrected chi connectivity index (χ4v) is 2.42. The second kappa shape index (κ2) is 7.34. The minimum absolute atomic E-state index is 0.130. The van der Waals surface area contributed by atoms with Gasteiger partial charge in [-0.3, -0.25) is 4.79 Å². The molecule has 20 heavy (non-hydrogen) atoms. The second-order valence-corrected chi connectivity index (χ2v) is 5.78. The Balaban J connectivity index is 1.70. The van der Waals surface area contributed by atoms with Gasteiger partial charge < -0.3 is 14.3 Å². The van der Waals surface area contributed by atoms with Crippen molar-refractivity contribution in [2.75, 3.05) is 17.3 Å². The molecule has 0 aliphatic rings. The SMILES string of the molecule is CSCc1nnc(SCCC(=O)Nc2cc(C)on2)o1. The van der Waals surface area contributed by atoms with Crippen LogP contribution in [0.1, 0.15) is 18.1 Å². The monoisotopic (exact) mass is 314 g/mol. The summed E-state index contributed by atoms with van der Waals surface area (Å²) < 4.78 is 10.2. The summed E-state index contributed by atoms with van der Waals surface area (Å²) in [6, 6.07) is 1.66. The molecule has 0 bridgehead atoms. The molecule has 1 amide bonds. The van der Waals surface area contributed by atoms with Crippen molar-refractivity contribution in [1.82, 2.24) is 15.4 Å². The Morgan fingerprint density at radius 3 is 3.00 bits per heavy atom. The first-order chi connectivity index (χ1) is 9.67. The zero-order valence-electron chi connectivity index (χ0n) is 11.1. The predicted octanol–water partition coefficient (Wildman–Crippen LogP) is 2.35. The number of rotatable bonds is 7. The number of aryl methyl sites for hydroxylation is 1. The number of carbonyl (C=O) groups excluding carboxylic acids is 1. The van der Waals surface area contributed by atoms with Crippen LogP contribution >= 0.6 is 23.5 Å². The van der Waals surface area contributed by atoms with Crippen LogP contribution in [0.4, 0.5) is 5.82 Å². The molecule has 0 aliphatic carbocycles. The van der Waals surface area contributed by atoms with Gasteiger partial charge in [0, 0.05) is 18.2 Å². The summed E-state index contributed by atoms with van der Waals surface area (Å²) in [6.45, 7) is 1.76. The third-order valence-corrected chi connectivity index (χ3v) is 3.52. The molecule has 0 spiro atoms. The van der Waals surface area contributed by atoms with Gasteiger partial charge in [-0.1, -0.05) is 16.9 Å². The summed E-state index contributed by atoms with van der Waals surface area (Å²) in [4.78, 5) is 11.6. The van der Waals surface area contributed by atoms with Crippen molar-refractivity contribution in [3.8, 4) is 0 Å². The summed E-state index contributed by atoms with van der Waals surface area (Å²) in [5.74, 6) is 2.81. The molecule has 0 aromatic carbocycles. The highest BCUT2D eigenvalue weighted by atomic mass is 32.2. The number of thioether (sulfide) groups is 2. The molecule has 0 atom stereocenters. The highest BCUT2D eigenvalue weighted by Crippen LogP contribution is 2.19. The lowest BCUT2D eigenvalue weighted by molar-refractivity contribution is -0.115. The van der Waals surface area contributed by atoms with Crippen molar-refractivity contribution in [1.29, 1.82) is 0 Å². The average Bonchev–Trinajstić information content (AvgIpc) is 3.00. The molecule has 0 fully saturated rings. The molecular formula is C11H14N4O3S2. The van der Waals surface area contributed by atoms with E-state index < -0.39 is 0 Å². The van der Waals surface area contributed by atoms with Gasteiger partial charge >= 0.3 is 0 Å². The van der Waals surface area contributed by atoms with Gasteiger partial charge in [0.1, 0.15) is 5.76 Å². The topological polar surface area (TPSA) is 94.1 Å². The van der Waals surface area contributed by atoms with Gasteiger partial charge in [-0.05, 0) is 13.2 Å². The van der Waals surface area contributed by atoms with Gasteiger partial charge in [-0.15, -0.1) is 10.2 Å². The molecule has 7 nitrogen and oxygen atoms in total. The predicted molar refractivity (Wildman–Crippen MR) is 76.7 cm³/mol. The Labute approximate surface area is 124 Å². The quantitative estimate of drug-likeness (QED) is 0.778. The molecule has 1 N–H and O–H groups in total. The number of nitrogens with zero attached hydrogens (tertiary/aromatic N) is 3. The molecule has 0 aliphatic heterocycles. The maximum absolute atomic E-state index is 11.6. The number of hydrogen-bond acceptors (Lipinski definition) is 8. The van der Waals surface area contributed by atoms with E-state index in [1.54, 1.807) is 24.8 Å². The fraction of sp³-hybridized carbons (Fsp3) is 0.455. The number of hydrogen-bond donors (Lipinski definition) is 1. The summed E-state index contributed by atoms with van der Waals surface area (Å²) >= 11 is 2.97. The Morgan fingerprint density at radius 2 is 2.30 bits per heavy atom. The molecule has 2 heterocycles. The highest BCUT2D eigenvalue weighted by Gasteiger charge is 2.09. The largest absolute Gasteiger partial charge is 0.415 e. The van der Waals surface area contributed by atoms with Crippen LogP contribution in [0.2, 0.25) is 0 Å². The van der Waals surface area contributed by atoms with E-state index in [-0.39, 0.29) is 5.91 Å². The third-order valence-electron chi connectivity index (χ3n) is 2.17. The normalized spacial score (nSPS) is 10.7. The van der Waals surface area contributed by atoms with E-state index in [0.717, 1.165) is 0 Å². The zero-order chi connectivity index (χ0) is 14.4. The highest BCUT2D eigenvalue weighted by molar-refractivity contribution is 7.99.